The third-order valence-electron chi connectivity index (χ3n) is 4.71. The van der Waals surface area contributed by atoms with E-state index in [0.717, 1.165) is 5.56 Å². The van der Waals surface area contributed by atoms with Crippen LogP contribution in [0.15, 0.2) is 66.2 Å². The number of carbonyl (C=O) groups excluding carboxylic acids is 1. The van der Waals surface area contributed by atoms with E-state index in [1.54, 1.807) is 60.7 Å². The highest BCUT2D eigenvalue weighted by molar-refractivity contribution is 6.35. The molecule has 0 radical (unpaired) electrons. The molecule has 0 saturated heterocycles. The van der Waals surface area contributed by atoms with E-state index in [0.29, 0.717) is 45.2 Å². The average molecular weight is 497 g/mol. The Kier molecular flexibility index (Phi) is 8.80. The second-order valence-electron chi connectivity index (χ2n) is 7.01. The van der Waals surface area contributed by atoms with Gasteiger partial charge in [0.05, 0.1) is 13.7 Å². The lowest BCUT2D eigenvalue weighted by molar-refractivity contribution is -0.112. The van der Waals surface area contributed by atoms with Gasteiger partial charge in [0, 0.05) is 32.9 Å². The van der Waals surface area contributed by atoms with Crippen LogP contribution in [0.2, 0.25) is 10.0 Å². The number of ether oxygens (including phenoxy) is 3. The number of nitrogens with one attached hydrogen (secondary N) is 1. The lowest BCUT2D eigenvalue weighted by Gasteiger charge is -2.13. The Hall–Kier alpha value is -3.66. The summed E-state index contributed by atoms with van der Waals surface area (Å²) in [5, 5.41) is 13.3. The first-order chi connectivity index (χ1) is 16.4. The molecule has 0 unspecified atom stereocenters. The molecule has 0 fully saturated rings. The van der Waals surface area contributed by atoms with Crippen LogP contribution >= 0.6 is 23.2 Å². The topological polar surface area (TPSA) is 80.6 Å². The highest BCUT2D eigenvalue weighted by Crippen LogP contribution is 2.29. The minimum absolute atomic E-state index is 0.0894. The Labute approximate surface area is 208 Å². The first kappa shape index (κ1) is 25.0. The van der Waals surface area contributed by atoms with Gasteiger partial charge < -0.3 is 19.5 Å². The lowest BCUT2D eigenvalue weighted by atomic mass is 10.1. The summed E-state index contributed by atoms with van der Waals surface area (Å²) < 4.78 is 16.6. The molecular formula is C26H22Cl2N2O4. The molecule has 1 N–H and O–H groups in total. The standard InChI is InChI=1S/C26H22Cl2N2O4/c1-3-33-22-10-7-21(8-11-22)30-26(31)19(15-29)12-17-5-9-23(32-2)14-25(17)34-16-18-4-6-20(27)13-24(18)28/h4-14H,3,16H2,1-2H3,(H,30,31)/b19-12+. The lowest BCUT2D eigenvalue weighted by Crippen LogP contribution is -2.13. The summed E-state index contributed by atoms with van der Waals surface area (Å²) in [5.41, 5.74) is 1.72. The minimum atomic E-state index is -0.547. The average Bonchev–Trinajstić information content (AvgIpc) is 2.83. The van der Waals surface area contributed by atoms with Crippen LogP contribution in [-0.4, -0.2) is 19.6 Å². The Morgan fingerprint density at radius 3 is 2.41 bits per heavy atom. The molecule has 0 atom stereocenters. The maximum absolute atomic E-state index is 12.7. The second kappa shape index (κ2) is 12.0. The first-order valence-corrected chi connectivity index (χ1v) is 11.1. The fraction of sp³-hybridized carbons (Fsp3) is 0.154. The predicted molar refractivity (Wildman–Crippen MR) is 134 cm³/mol. The van der Waals surface area contributed by atoms with Crippen molar-refractivity contribution in [2.24, 2.45) is 0 Å². The summed E-state index contributed by atoms with van der Waals surface area (Å²) in [6.45, 7) is 2.59. The van der Waals surface area contributed by atoms with Crippen molar-refractivity contribution >= 4 is 40.9 Å². The summed E-state index contributed by atoms with van der Waals surface area (Å²) >= 11 is 12.2. The van der Waals surface area contributed by atoms with Crippen molar-refractivity contribution in [3.63, 3.8) is 0 Å². The number of nitriles is 1. The molecule has 6 nitrogen and oxygen atoms in total. The number of anilines is 1. The van der Waals surface area contributed by atoms with E-state index in [4.69, 9.17) is 37.4 Å². The number of carbonyl (C=O) groups is 1. The van der Waals surface area contributed by atoms with Crippen molar-refractivity contribution in [3.8, 4) is 23.3 Å². The highest BCUT2D eigenvalue weighted by atomic mass is 35.5. The third-order valence-corrected chi connectivity index (χ3v) is 5.29. The van der Waals surface area contributed by atoms with Crippen LogP contribution in [-0.2, 0) is 11.4 Å². The smallest absolute Gasteiger partial charge is 0.266 e. The van der Waals surface area contributed by atoms with E-state index in [1.165, 1.54) is 13.2 Å². The van der Waals surface area contributed by atoms with Crippen molar-refractivity contribution in [1.82, 2.24) is 0 Å². The van der Waals surface area contributed by atoms with E-state index in [2.05, 4.69) is 5.32 Å². The van der Waals surface area contributed by atoms with Crippen LogP contribution in [0, 0.1) is 11.3 Å². The molecule has 1 amide bonds. The van der Waals surface area contributed by atoms with Crippen LogP contribution in [0.1, 0.15) is 18.1 Å². The fourth-order valence-corrected chi connectivity index (χ4v) is 3.45. The van der Waals surface area contributed by atoms with Gasteiger partial charge in [-0.15, -0.1) is 0 Å². The van der Waals surface area contributed by atoms with Crippen molar-refractivity contribution in [3.05, 3.63) is 87.4 Å². The van der Waals surface area contributed by atoms with Crippen LogP contribution in [0.3, 0.4) is 0 Å². The summed E-state index contributed by atoms with van der Waals surface area (Å²) in [5.74, 6) is 1.13. The van der Waals surface area contributed by atoms with Crippen molar-refractivity contribution in [1.29, 1.82) is 5.26 Å². The molecule has 8 heteroatoms. The number of halogens is 2. The fourth-order valence-electron chi connectivity index (χ4n) is 2.98. The SMILES string of the molecule is CCOc1ccc(NC(=O)/C(C#N)=C/c2ccc(OC)cc2OCc2ccc(Cl)cc2Cl)cc1. The van der Waals surface area contributed by atoms with Gasteiger partial charge in [0.25, 0.3) is 5.91 Å². The van der Waals surface area contributed by atoms with Crippen molar-refractivity contribution in [2.45, 2.75) is 13.5 Å². The summed E-state index contributed by atoms with van der Waals surface area (Å²) in [6, 6.07) is 19.1. The predicted octanol–water partition coefficient (Wildman–Crippen LogP) is 6.53. The summed E-state index contributed by atoms with van der Waals surface area (Å²) in [4.78, 5) is 12.7. The van der Waals surface area contributed by atoms with Crippen molar-refractivity contribution in [2.75, 3.05) is 19.0 Å². The largest absolute Gasteiger partial charge is 0.497 e. The molecule has 3 rings (SSSR count). The van der Waals surface area contributed by atoms with E-state index in [1.807, 2.05) is 13.0 Å². The molecule has 0 aliphatic carbocycles. The molecule has 174 valence electrons. The molecule has 3 aromatic rings. The van der Waals surface area contributed by atoms with Gasteiger partial charge in [0.15, 0.2) is 0 Å². The molecule has 0 aromatic heterocycles. The van der Waals surface area contributed by atoms with Crippen LogP contribution in [0.25, 0.3) is 6.08 Å². The molecule has 0 saturated carbocycles. The molecule has 0 aliphatic heterocycles. The summed E-state index contributed by atoms with van der Waals surface area (Å²) in [7, 11) is 1.54. The van der Waals surface area contributed by atoms with Gasteiger partial charge in [-0.3, -0.25) is 4.79 Å². The van der Waals surface area contributed by atoms with E-state index < -0.39 is 5.91 Å². The van der Waals surface area contributed by atoms with Gasteiger partial charge in [0.1, 0.15) is 35.5 Å². The van der Waals surface area contributed by atoms with Crippen LogP contribution < -0.4 is 19.5 Å². The monoisotopic (exact) mass is 496 g/mol. The normalized spacial score (nSPS) is 10.9. The van der Waals surface area contributed by atoms with Gasteiger partial charge in [-0.25, -0.2) is 0 Å². The maximum atomic E-state index is 12.7. The third kappa shape index (κ3) is 6.67. The molecule has 0 bridgehead atoms. The Morgan fingerprint density at radius 1 is 1.03 bits per heavy atom. The quantitative estimate of drug-likeness (QED) is 0.269. The second-order valence-corrected chi connectivity index (χ2v) is 7.85. The van der Waals surface area contributed by atoms with E-state index >= 15 is 0 Å². The molecule has 34 heavy (non-hydrogen) atoms. The molecular weight excluding hydrogens is 475 g/mol. The zero-order valence-electron chi connectivity index (χ0n) is 18.6. The molecule has 3 aromatic carbocycles. The van der Waals surface area contributed by atoms with Gasteiger partial charge >= 0.3 is 0 Å². The Balaban J connectivity index is 1.82. The van der Waals surface area contributed by atoms with E-state index in [-0.39, 0.29) is 12.2 Å². The number of nitrogens with zero attached hydrogens (tertiary/aromatic N) is 1. The van der Waals surface area contributed by atoms with Gasteiger partial charge in [-0.05, 0) is 61.5 Å². The number of benzene rings is 3. The molecule has 0 aliphatic rings. The van der Waals surface area contributed by atoms with Crippen LogP contribution in [0.5, 0.6) is 17.2 Å². The molecule has 0 heterocycles. The number of methoxy groups -OCH3 is 1. The van der Waals surface area contributed by atoms with Crippen LogP contribution in [0.4, 0.5) is 5.69 Å². The van der Waals surface area contributed by atoms with Crippen molar-refractivity contribution < 1.29 is 19.0 Å². The zero-order valence-corrected chi connectivity index (χ0v) is 20.1. The maximum Gasteiger partial charge on any atom is 0.266 e. The number of hydrogen-bond acceptors (Lipinski definition) is 5. The number of hydrogen-bond donors (Lipinski definition) is 1. The summed E-state index contributed by atoms with van der Waals surface area (Å²) in [6.07, 6.45) is 1.46. The number of rotatable bonds is 9. The minimum Gasteiger partial charge on any atom is -0.497 e. The Bertz CT molecular complexity index is 1230. The van der Waals surface area contributed by atoms with E-state index in [9.17, 15) is 10.1 Å². The zero-order chi connectivity index (χ0) is 24.5. The van der Waals surface area contributed by atoms with Gasteiger partial charge in [-0.2, -0.15) is 5.26 Å². The van der Waals surface area contributed by atoms with Gasteiger partial charge in [-0.1, -0.05) is 29.3 Å². The first-order valence-electron chi connectivity index (χ1n) is 10.3. The van der Waals surface area contributed by atoms with Gasteiger partial charge in [0.2, 0.25) is 0 Å². The molecule has 0 spiro atoms. The Morgan fingerprint density at radius 2 is 1.76 bits per heavy atom. The number of amides is 1. The highest BCUT2D eigenvalue weighted by Gasteiger charge is 2.13.